The van der Waals surface area contributed by atoms with E-state index in [-0.39, 0.29) is 11.8 Å². The van der Waals surface area contributed by atoms with E-state index in [4.69, 9.17) is 0 Å². The summed E-state index contributed by atoms with van der Waals surface area (Å²) in [6.45, 7) is 0.601. The van der Waals surface area contributed by atoms with Gasteiger partial charge in [-0.1, -0.05) is 25.7 Å². The van der Waals surface area contributed by atoms with Crippen molar-refractivity contribution < 1.29 is 8.42 Å². The maximum absolute atomic E-state index is 12.2. The standard InChI is InChI=1S/C13H26N2O2S/c1-15(13-6-4-2-3-5-7-13)18(16,17)11-10-14-12-8-9-12/h12-14H,2-11H2,1H3. The second-order valence-corrected chi connectivity index (χ2v) is 7.85. The SMILES string of the molecule is CN(C1CCCCCC1)S(=O)(=O)CCNC1CC1. The van der Waals surface area contributed by atoms with E-state index < -0.39 is 10.0 Å². The molecule has 0 atom stereocenters. The average Bonchev–Trinajstić information content (AvgIpc) is 3.14. The molecule has 0 aliphatic heterocycles. The van der Waals surface area contributed by atoms with Gasteiger partial charge in [0.05, 0.1) is 5.75 Å². The lowest BCUT2D eigenvalue weighted by atomic mass is 10.1. The molecule has 0 aromatic rings. The molecule has 2 aliphatic carbocycles. The Morgan fingerprint density at radius 1 is 1.06 bits per heavy atom. The summed E-state index contributed by atoms with van der Waals surface area (Å²) < 4.78 is 26.1. The van der Waals surface area contributed by atoms with E-state index in [0.29, 0.717) is 12.6 Å². The Hall–Kier alpha value is -0.130. The summed E-state index contributed by atoms with van der Waals surface area (Å²) in [5.41, 5.74) is 0. The predicted octanol–water partition coefficient (Wildman–Crippen LogP) is 1.72. The van der Waals surface area contributed by atoms with Gasteiger partial charge in [0, 0.05) is 25.7 Å². The molecule has 0 heterocycles. The first-order valence-corrected chi connectivity index (χ1v) is 8.89. The molecule has 2 aliphatic rings. The van der Waals surface area contributed by atoms with Crippen molar-refractivity contribution in [3.8, 4) is 0 Å². The number of sulfonamides is 1. The Morgan fingerprint density at radius 3 is 2.22 bits per heavy atom. The third kappa shape index (κ3) is 4.21. The molecule has 2 rings (SSSR count). The number of nitrogens with one attached hydrogen (secondary N) is 1. The molecular formula is C13H26N2O2S. The molecule has 0 bridgehead atoms. The first-order chi connectivity index (χ1) is 8.59. The van der Waals surface area contributed by atoms with Gasteiger partial charge in [0.25, 0.3) is 0 Å². The normalized spacial score (nSPS) is 23.2. The van der Waals surface area contributed by atoms with E-state index in [0.717, 1.165) is 12.8 Å². The second-order valence-electron chi connectivity index (χ2n) is 5.71. The second kappa shape index (κ2) is 6.35. The molecule has 0 amide bonds. The summed E-state index contributed by atoms with van der Waals surface area (Å²) in [6, 6.07) is 0.821. The highest BCUT2D eigenvalue weighted by molar-refractivity contribution is 7.89. The topological polar surface area (TPSA) is 49.4 Å². The molecule has 18 heavy (non-hydrogen) atoms. The van der Waals surface area contributed by atoms with Gasteiger partial charge < -0.3 is 5.32 Å². The summed E-state index contributed by atoms with van der Waals surface area (Å²) in [5.74, 6) is 0.247. The Morgan fingerprint density at radius 2 is 1.67 bits per heavy atom. The number of hydrogen-bond acceptors (Lipinski definition) is 3. The smallest absolute Gasteiger partial charge is 0.215 e. The van der Waals surface area contributed by atoms with E-state index >= 15 is 0 Å². The van der Waals surface area contributed by atoms with Crippen molar-refractivity contribution in [2.75, 3.05) is 19.3 Å². The number of nitrogens with zero attached hydrogens (tertiary/aromatic N) is 1. The number of hydrogen-bond donors (Lipinski definition) is 1. The Bertz CT molecular complexity index is 344. The van der Waals surface area contributed by atoms with Crippen LogP contribution in [0.5, 0.6) is 0 Å². The molecule has 0 spiro atoms. The fourth-order valence-electron chi connectivity index (χ4n) is 2.67. The van der Waals surface area contributed by atoms with Crippen LogP contribution in [0.2, 0.25) is 0 Å². The van der Waals surface area contributed by atoms with Gasteiger partial charge >= 0.3 is 0 Å². The maximum Gasteiger partial charge on any atom is 0.215 e. The van der Waals surface area contributed by atoms with E-state index in [1.807, 2.05) is 0 Å². The summed E-state index contributed by atoms with van der Waals surface area (Å²) in [5, 5.41) is 3.28. The van der Waals surface area contributed by atoms with Crippen LogP contribution in [0.1, 0.15) is 51.4 Å². The third-order valence-electron chi connectivity index (χ3n) is 4.15. The first-order valence-electron chi connectivity index (χ1n) is 7.29. The van der Waals surface area contributed by atoms with Gasteiger partial charge in [-0.05, 0) is 25.7 Å². The van der Waals surface area contributed by atoms with Crippen LogP contribution in [0.3, 0.4) is 0 Å². The van der Waals surface area contributed by atoms with Crippen LogP contribution >= 0.6 is 0 Å². The van der Waals surface area contributed by atoms with E-state index in [2.05, 4.69) is 5.32 Å². The van der Waals surface area contributed by atoms with Crippen LogP contribution in [-0.4, -0.2) is 44.2 Å². The van der Waals surface area contributed by atoms with Gasteiger partial charge in [-0.15, -0.1) is 0 Å². The maximum atomic E-state index is 12.2. The largest absolute Gasteiger partial charge is 0.313 e. The van der Waals surface area contributed by atoms with E-state index in [1.54, 1.807) is 11.4 Å². The van der Waals surface area contributed by atoms with Crippen LogP contribution < -0.4 is 5.32 Å². The molecule has 1 N–H and O–H groups in total. The van der Waals surface area contributed by atoms with E-state index in [9.17, 15) is 8.42 Å². The highest BCUT2D eigenvalue weighted by Crippen LogP contribution is 2.23. The summed E-state index contributed by atoms with van der Waals surface area (Å²) in [4.78, 5) is 0. The van der Waals surface area contributed by atoms with Gasteiger partial charge in [-0.3, -0.25) is 0 Å². The minimum absolute atomic E-state index is 0.235. The molecule has 4 nitrogen and oxygen atoms in total. The molecule has 2 fully saturated rings. The number of rotatable bonds is 6. The first kappa shape index (κ1) is 14.3. The van der Waals surface area contributed by atoms with Crippen molar-refractivity contribution in [1.82, 2.24) is 9.62 Å². The van der Waals surface area contributed by atoms with Crippen molar-refractivity contribution in [2.24, 2.45) is 0 Å². The summed E-state index contributed by atoms with van der Waals surface area (Å²) in [7, 11) is -1.31. The van der Waals surface area contributed by atoms with Crippen LogP contribution in [0.25, 0.3) is 0 Å². The van der Waals surface area contributed by atoms with Crippen molar-refractivity contribution in [1.29, 1.82) is 0 Å². The van der Waals surface area contributed by atoms with Gasteiger partial charge in [0.2, 0.25) is 10.0 Å². The van der Waals surface area contributed by atoms with Crippen LogP contribution in [0, 0.1) is 0 Å². The van der Waals surface area contributed by atoms with Crippen molar-refractivity contribution >= 4 is 10.0 Å². The minimum atomic E-state index is -3.07. The lowest BCUT2D eigenvalue weighted by molar-refractivity contribution is 0.335. The van der Waals surface area contributed by atoms with E-state index in [1.165, 1.54) is 38.5 Å². The molecule has 0 aromatic carbocycles. The zero-order valence-electron chi connectivity index (χ0n) is 11.4. The highest BCUT2D eigenvalue weighted by Gasteiger charge is 2.27. The predicted molar refractivity (Wildman–Crippen MR) is 74.1 cm³/mol. The van der Waals surface area contributed by atoms with Gasteiger partial charge in [-0.2, -0.15) is 0 Å². The van der Waals surface area contributed by atoms with Gasteiger partial charge in [0.1, 0.15) is 0 Å². The molecule has 5 heteroatoms. The monoisotopic (exact) mass is 274 g/mol. The van der Waals surface area contributed by atoms with Crippen molar-refractivity contribution in [3.63, 3.8) is 0 Å². The summed E-state index contributed by atoms with van der Waals surface area (Å²) >= 11 is 0. The molecule has 0 aromatic heterocycles. The lowest BCUT2D eigenvalue weighted by Gasteiger charge is -2.26. The van der Waals surface area contributed by atoms with Crippen LogP contribution in [0.15, 0.2) is 0 Å². The molecule has 0 unspecified atom stereocenters. The molecule has 106 valence electrons. The fraction of sp³-hybridized carbons (Fsp3) is 1.00. The zero-order chi connectivity index (χ0) is 13.0. The quantitative estimate of drug-likeness (QED) is 0.750. The van der Waals surface area contributed by atoms with Crippen LogP contribution in [-0.2, 0) is 10.0 Å². The molecule has 2 saturated carbocycles. The summed E-state index contributed by atoms with van der Waals surface area (Å²) in [6.07, 6.45) is 9.34. The fourth-order valence-corrected chi connectivity index (χ4v) is 4.00. The zero-order valence-corrected chi connectivity index (χ0v) is 12.2. The van der Waals surface area contributed by atoms with Gasteiger partial charge in [-0.25, -0.2) is 12.7 Å². The Balaban J connectivity index is 1.81. The van der Waals surface area contributed by atoms with Gasteiger partial charge in [0.15, 0.2) is 0 Å². The molecule has 0 radical (unpaired) electrons. The lowest BCUT2D eigenvalue weighted by Crippen LogP contribution is -2.40. The molecular weight excluding hydrogens is 248 g/mol. The molecule has 0 saturated heterocycles. The minimum Gasteiger partial charge on any atom is -0.313 e. The highest BCUT2D eigenvalue weighted by atomic mass is 32.2. The third-order valence-corrected chi connectivity index (χ3v) is 6.04. The van der Waals surface area contributed by atoms with Crippen molar-refractivity contribution in [2.45, 2.75) is 63.5 Å². The Labute approximate surface area is 111 Å². The Kier molecular flexibility index (Phi) is 5.04. The average molecular weight is 274 g/mol. The van der Waals surface area contributed by atoms with Crippen molar-refractivity contribution in [3.05, 3.63) is 0 Å². The van der Waals surface area contributed by atoms with Crippen LogP contribution in [0.4, 0.5) is 0 Å².